The molecule has 0 saturated heterocycles. The molecule has 4 rings (SSSR count). The number of aryl methyl sites for hydroxylation is 2. The van der Waals surface area contributed by atoms with Crippen molar-refractivity contribution in [2.75, 3.05) is 12.4 Å². The second-order valence-corrected chi connectivity index (χ2v) is 9.29. The van der Waals surface area contributed by atoms with Crippen molar-refractivity contribution in [1.82, 2.24) is 24.1 Å². The van der Waals surface area contributed by atoms with Gasteiger partial charge in [-0.25, -0.2) is 4.98 Å². The number of aromatic nitrogens is 5. The number of anilines is 1. The number of carbonyl (C=O) groups is 1. The van der Waals surface area contributed by atoms with Gasteiger partial charge in [-0.2, -0.15) is 0 Å². The molecule has 3 aromatic heterocycles. The van der Waals surface area contributed by atoms with E-state index < -0.39 is 5.25 Å². The summed E-state index contributed by atoms with van der Waals surface area (Å²) in [6, 6.07) is 10.9. The van der Waals surface area contributed by atoms with E-state index in [0.717, 1.165) is 11.3 Å². The van der Waals surface area contributed by atoms with Crippen molar-refractivity contribution in [3.63, 3.8) is 0 Å². The minimum atomic E-state index is -0.407. The Balaban J connectivity index is 1.50. The van der Waals surface area contributed by atoms with Crippen LogP contribution in [0.25, 0.3) is 5.65 Å². The summed E-state index contributed by atoms with van der Waals surface area (Å²) in [5.74, 6) is 1.20. The van der Waals surface area contributed by atoms with Gasteiger partial charge in [-0.05, 0) is 56.7 Å². The molecule has 0 unspecified atom stereocenters. The number of carbonyl (C=O) groups excluding carboxylic acids is 1. The summed E-state index contributed by atoms with van der Waals surface area (Å²) in [5, 5.41) is 11.6. The SMILES string of the molecule is COc1ccc(NC(=O)[C@H](C)Sc2nnc(Cc3c(C)nc4c(C)cccn4c3=O)n2C)cc1. The third-order valence-corrected chi connectivity index (χ3v) is 6.75. The molecule has 1 atom stereocenters. The summed E-state index contributed by atoms with van der Waals surface area (Å²) in [4.78, 5) is 30.4. The summed E-state index contributed by atoms with van der Waals surface area (Å²) in [5.41, 5.74) is 3.40. The summed E-state index contributed by atoms with van der Waals surface area (Å²) < 4.78 is 8.52. The molecule has 0 aliphatic rings. The lowest BCUT2D eigenvalue weighted by molar-refractivity contribution is -0.115. The molecular formula is C24H26N6O3S. The van der Waals surface area contributed by atoms with E-state index in [-0.39, 0.29) is 11.5 Å². The van der Waals surface area contributed by atoms with Crippen molar-refractivity contribution >= 4 is 29.0 Å². The van der Waals surface area contributed by atoms with Crippen LogP contribution in [0, 0.1) is 13.8 Å². The van der Waals surface area contributed by atoms with Crippen LogP contribution in [0.5, 0.6) is 5.75 Å². The molecule has 10 heteroatoms. The maximum absolute atomic E-state index is 13.1. The Morgan fingerprint density at radius 2 is 1.91 bits per heavy atom. The average molecular weight is 479 g/mol. The number of benzene rings is 1. The summed E-state index contributed by atoms with van der Waals surface area (Å²) in [7, 11) is 3.42. The van der Waals surface area contributed by atoms with E-state index >= 15 is 0 Å². The Kier molecular flexibility index (Phi) is 6.69. The maximum Gasteiger partial charge on any atom is 0.261 e. The van der Waals surface area contributed by atoms with Gasteiger partial charge in [0.2, 0.25) is 5.91 Å². The molecule has 1 amide bonds. The molecule has 0 fully saturated rings. The summed E-state index contributed by atoms with van der Waals surface area (Å²) in [6.07, 6.45) is 2.02. The second kappa shape index (κ2) is 9.68. The third-order valence-electron chi connectivity index (χ3n) is 5.62. The lowest BCUT2D eigenvalue weighted by Crippen LogP contribution is -2.23. The molecule has 0 spiro atoms. The van der Waals surface area contributed by atoms with E-state index in [4.69, 9.17) is 4.74 Å². The van der Waals surface area contributed by atoms with E-state index in [1.807, 2.05) is 44.5 Å². The second-order valence-electron chi connectivity index (χ2n) is 7.98. The molecule has 34 heavy (non-hydrogen) atoms. The number of methoxy groups -OCH3 is 1. The zero-order valence-electron chi connectivity index (χ0n) is 19.7. The highest BCUT2D eigenvalue weighted by Crippen LogP contribution is 2.24. The molecule has 0 aliphatic carbocycles. The number of nitrogens with one attached hydrogen (secondary N) is 1. The van der Waals surface area contributed by atoms with Crippen LogP contribution in [0.4, 0.5) is 5.69 Å². The van der Waals surface area contributed by atoms with Gasteiger partial charge >= 0.3 is 0 Å². The van der Waals surface area contributed by atoms with Crippen molar-refractivity contribution in [3.05, 3.63) is 75.6 Å². The highest BCUT2D eigenvalue weighted by atomic mass is 32.2. The molecule has 4 aromatic rings. The molecule has 1 aromatic carbocycles. The predicted molar refractivity (Wildman–Crippen MR) is 132 cm³/mol. The molecule has 176 valence electrons. The van der Waals surface area contributed by atoms with Crippen molar-refractivity contribution in [2.24, 2.45) is 7.05 Å². The maximum atomic E-state index is 13.1. The molecule has 9 nitrogen and oxygen atoms in total. The van der Waals surface area contributed by atoms with Crippen LogP contribution < -0.4 is 15.6 Å². The largest absolute Gasteiger partial charge is 0.497 e. The molecule has 0 bridgehead atoms. The van der Waals surface area contributed by atoms with Crippen LogP contribution in [0.3, 0.4) is 0 Å². The number of nitrogens with zero attached hydrogens (tertiary/aromatic N) is 5. The van der Waals surface area contributed by atoms with Crippen LogP contribution >= 0.6 is 11.8 Å². The van der Waals surface area contributed by atoms with Gasteiger partial charge in [0.1, 0.15) is 17.2 Å². The number of pyridine rings is 1. The Labute approximate surface area is 201 Å². The quantitative estimate of drug-likeness (QED) is 0.407. The Bertz CT molecular complexity index is 1410. The minimum absolute atomic E-state index is 0.115. The van der Waals surface area contributed by atoms with Gasteiger partial charge in [-0.3, -0.25) is 14.0 Å². The van der Waals surface area contributed by atoms with Crippen LogP contribution in [-0.2, 0) is 18.3 Å². The lowest BCUT2D eigenvalue weighted by Gasteiger charge is -2.12. The van der Waals surface area contributed by atoms with E-state index in [1.54, 1.807) is 42.0 Å². The molecule has 0 saturated carbocycles. The normalized spacial score (nSPS) is 12.0. The van der Waals surface area contributed by atoms with Gasteiger partial charge < -0.3 is 14.6 Å². The predicted octanol–water partition coefficient (Wildman–Crippen LogP) is 3.16. The van der Waals surface area contributed by atoms with Gasteiger partial charge in [-0.15, -0.1) is 10.2 Å². The van der Waals surface area contributed by atoms with Crippen LogP contribution in [0.2, 0.25) is 0 Å². The Morgan fingerprint density at radius 1 is 1.18 bits per heavy atom. The lowest BCUT2D eigenvalue weighted by atomic mass is 10.1. The van der Waals surface area contributed by atoms with Gasteiger partial charge in [0.25, 0.3) is 5.56 Å². The fourth-order valence-corrected chi connectivity index (χ4v) is 4.37. The number of hydrogen-bond donors (Lipinski definition) is 1. The average Bonchev–Trinajstić information content (AvgIpc) is 3.16. The number of thioether (sulfide) groups is 1. The van der Waals surface area contributed by atoms with Crippen LogP contribution in [-0.4, -0.2) is 42.4 Å². The van der Waals surface area contributed by atoms with E-state index in [0.29, 0.717) is 40.0 Å². The van der Waals surface area contributed by atoms with Crippen LogP contribution in [0.1, 0.15) is 29.6 Å². The standard InChI is InChI=1S/C24H26N6O3S/c1-14-7-6-12-30-21(14)25-15(2)19(23(30)32)13-20-27-28-24(29(20)4)34-16(3)22(31)26-17-8-10-18(33-5)11-9-17/h6-12,16H,13H2,1-5H3,(H,26,31)/t16-/m0/s1. The van der Waals surface area contributed by atoms with Crippen molar-refractivity contribution in [1.29, 1.82) is 0 Å². The van der Waals surface area contributed by atoms with Crippen molar-refractivity contribution in [2.45, 2.75) is 37.6 Å². The summed E-state index contributed by atoms with van der Waals surface area (Å²) in [6.45, 7) is 5.57. The molecule has 3 heterocycles. The third kappa shape index (κ3) is 4.67. The van der Waals surface area contributed by atoms with E-state index in [1.165, 1.54) is 11.8 Å². The fraction of sp³-hybridized carbons (Fsp3) is 0.292. The van der Waals surface area contributed by atoms with Crippen molar-refractivity contribution < 1.29 is 9.53 Å². The summed E-state index contributed by atoms with van der Waals surface area (Å²) >= 11 is 1.30. The van der Waals surface area contributed by atoms with Crippen molar-refractivity contribution in [3.8, 4) is 5.75 Å². The van der Waals surface area contributed by atoms with E-state index in [9.17, 15) is 9.59 Å². The monoisotopic (exact) mass is 478 g/mol. The first-order valence-corrected chi connectivity index (χ1v) is 11.6. The zero-order valence-corrected chi connectivity index (χ0v) is 20.5. The first-order valence-electron chi connectivity index (χ1n) is 10.8. The van der Waals surface area contributed by atoms with E-state index in [2.05, 4.69) is 20.5 Å². The Morgan fingerprint density at radius 3 is 2.62 bits per heavy atom. The number of hydrogen-bond acceptors (Lipinski definition) is 7. The minimum Gasteiger partial charge on any atom is -0.497 e. The molecule has 1 N–H and O–H groups in total. The number of fused-ring (bicyclic) bond motifs is 1. The smallest absolute Gasteiger partial charge is 0.261 e. The number of amides is 1. The topological polar surface area (TPSA) is 103 Å². The highest BCUT2D eigenvalue weighted by molar-refractivity contribution is 8.00. The van der Waals surface area contributed by atoms with Gasteiger partial charge in [0.15, 0.2) is 5.16 Å². The Hall–Kier alpha value is -3.66. The number of rotatable bonds is 7. The van der Waals surface area contributed by atoms with Gasteiger partial charge in [-0.1, -0.05) is 17.8 Å². The molecule has 0 radical (unpaired) electrons. The molecule has 0 aliphatic heterocycles. The first kappa shape index (κ1) is 23.5. The van der Waals surface area contributed by atoms with Crippen LogP contribution in [0.15, 0.2) is 52.5 Å². The zero-order chi connectivity index (χ0) is 24.4. The highest BCUT2D eigenvalue weighted by Gasteiger charge is 2.21. The number of ether oxygens (including phenoxy) is 1. The first-order chi connectivity index (χ1) is 16.3. The fourth-order valence-electron chi connectivity index (χ4n) is 3.53. The van der Waals surface area contributed by atoms with Gasteiger partial charge in [0, 0.05) is 36.6 Å². The van der Waals surface area contributed by atoms with Gasteiger partial charge in [0.05, 0.1) is 12.4 Å². The molecular weight excluding hydrogens is 452 g/mol.